The maximum atomic E-state index is 5.55. The number of hydrogen-bond donors (Lipinski definition) is 1. The van der Waals surface area contributed by atoms with Crippen LogP contribution < -0.4 is 5.32 Å². The van der Waals surface area contributed by atoms with Crippen LogP contribution in [0.25, 0.3) is 0 Å². The van der Waals surface area contributed by atoms with Crippen molar-refractivity contribution < 1.29 is 4.42 Å². The van der Waals surface area contributed by atoms with Crippen molar-refractivity contribution in [2.75, 3.05) is 6.54 Å². The minimum atomic E-state index is 0.0104. The van der Waals surface area contributed by atoms with Crippen LogP contribution in [0.5, 0.6) is 0 Å². The van der Waals surface area contributed by atoms with Crippen LogP contribution in [0.4, 0.5) is 0 Å². The smallest absolute Gasteiger partial charge is 0.133 e. The molecule has 104 valence electrons. The van der Waals surface area contributed by atoms with Crippen LogP contribution in [0.15, 0.2) is 35.2 Å². The molecule has 0 aromatic carbocycles. The molecule has 0 amide bonds. The van der Waals surface area contributed by atoms with E-state index in [4.69, 9.17) is 4.42 Å². The van der Waals surface area contributed by atoms with Gasteiger partial charge in [0.15, 0.2) is 0 Å². The Morgan fingerprint density at radius 1 is 1.37 bits per heavy atom. The zero-order chi connectivity index (χ0) is 13.8. The Bertz CT molecular complexity index is 487. The first-order valence-corrected chi connectivity index (χ1v) is 6.83. The molecule has 2 unspecified atom stereocenters. The number of aryl methyl sites for hydroxylation is 1. The predicted molar refractivity (Wildman–Crippen MR) is 75.8 cm³/mol. The zero-order valence-corrected chi connectivity index (χ0v) is 12.1. The van der Waals surface area contributed by atoms with E-state index in [0.717, 1.165) is 18.1 Å². The Balaban J connectivity index is 2.15. The van der Waals surface area contributed by atoms with Crippen LogP contribution >= 0.6 is 0 Å². The standard InChI is InChI=1S/C15H23N3O/c1-11(2)12(3)10-17-14(13-6-5-9-19-13)15-16-7-8-18(15)4/h5-9,11-12,14,17H,10H2,1-4H3. The van der Waals surface area contributed by atoms with E-state index in [1.807, 2.05) is 36.1 Å². The summed E-state index contributed by atoms with van der Waals surface area (Å²) >= 11 is 0. The van der Waals surface area contributed by atoms with Gasteiger partial charge in [-0.05, 0) is 30.5 Å². The van der Waals surface area contributed by atoms with Crippen molar-refractivity contribution >= 4 is 0 Å². The quantitative estimate of drug-likeness (QED) is 0.869. The Morgan fingerprint density at radius 2 is 2.16 bits per heavy atom. The van der Waals surface area contributed by atoms with E-state index in [2.05, 4.69) is 31.1 Å². The van der Waals surface area contributed by atoms with Crippen molar-refractivity contribution in [1.82, 2.24) is 14.9 Å². The Kier molecular flexibility index (Phi) is 4.43. The van der Waals surface area contributed by atoms with Crippen molar-refractivity contribution in [2.24, 2.45) is 18.9 Å². The van der Waals surface area contributed by atoms with Gasteiger partial charge < -0.3 is 14.3 Å². The number of nitrogens with one attached hydrogen (secondary N) is 1. The fourth-order valence-corrected chi connectivity index (χ4v) is 1.97. The number of furan rings is 1. The van der Waals surface area contributed by atoms with Gasteiger partial charge in [0.25, 0.3) is 0 Å². The molecule has 0 saturated carbocycles. The first-order chi connectivity index (χ1) is 9.09. The van der Waals surface area contributed by atoms with Crippen molar-refractivity contribution in [3.05, 3.63) is 42.4 Å². The average molecular weight is 261 g/mol. The summed E-state index contributed by atoms with van der Waals surface area (Å²) in [5.74, 6) is 3.15. The summed E-state index contributed by atoms with van der Waals surface area (Å²) in [6, 6.07) is 3.92. The minimum absolute atomic E-state index is 0.0104. The molecule has 19 heavy (non-hydrogen) atoms. The number of nitrogens with zero attached hydrogens (tertiary/aromatic N) is 2. The molecular weight excluding hydrogens is 238 g/mol. The highest BCUT2D eigenvalue weighted by molar-refractivity contribution is 5.15. The van der Waals surface area contributed by atoms with E-state index in [1.165, 1.54) is 0 Å². The molecule has 0 fully saturated rings. The molecule has 1 N–H and O–H groups in total. The summed E-state index contributed by atoms with van der Waals surface area (Å²) in [6.07, 6.45) is 5.48. The van der Waals surface area contributed by atoms with E-state index in [9.17, 15) is 0 Å². The Labute approximate surface area is 114 Å². The summed E-state index contributed by atoms with van der Waals surface area (Å²) < 4.78 is 7.58. The summed E-state index contributed by atoms with van der Waals surface area (Å²) in [4.78, 5) is 4.44. The SMILES string of the molecule is CC(C)C(C)CNC(c1ccco1)c1nccn1C. The highest BCUT2D eigenvalue weighted by Gasteiger charge is 2.21. The lowest BCUT2D eigenvalue weighted by Gasteiger charge is -2.21. The van der Waals surface area contributed by atoms with E-state index in [-0.39, 0.29) is 6.04 Å². The van der Waals surface area contributed by atoms with Crippen molar-refractivity contribution in [2.45, 2.75) is 26.8 Å². The fraction of sp³-hybridized carbons (Fsp3) is 0.533. The van der Waals surface area contributed by atoms with Gasteiger partial charge in [-0.2, -0.15) is 0 Å². The topological polar surface area (TPSA) is 43.0 Å². The van der Waals surface area contributed by atoms with E-state index < -0.39 is 0 Å². The van der Waals surface area contributed by atoms with Gasteiger partial charge in [0.05, 0.1) is 6.26 Å². The molecule has 0 aliphatic rings. The fourth-order valence-electron chi connectivity index (χ4n) is 1.97. The van der Waals surface area contributed by atoms with Crippen LogP contribution in [0.3, 0.4) is 0 Å². The van der Waals surface area contributed by atoms with Gasteiger partial charge in [-0.3, -0.25) is 0 Å². The number of hydrogen-bond acceptors (Lipinski definition) is 3. The lowest BCUT2D eigenvalue weighted by atomic mass is 9.98. The van der Waals surface area contributed by atoms with Crippen molar-refractivity contribution in [3.8, 4) is 0 Å². The molecule has 2 heterocycles. The van der Waals surface area contributed by atoms with Gasteiger partial charge in [0.2, 0.25) is 0 Å². The van der Waals surface area contributed by atoms with E-state index in [0.29, 0.717) is 11.8 Å². The predicted octanol–water partition coefficient (Wildman–Crippen LogP) is 2.98. The number of imidazole rings is 1. The molecule has 2 aromatic heterocycles. The molecule has 0 bridgehead atoms. The molecule has 0 aliphatic carbocycles. The van der Waals surface area contributed by atoms with Gasteiger partial charge in [-0.25, -0.2) is 4.98 Å². The van der Waals surface area contributed by atoms with Crippen LogP contribution in [-0.4, -0.2) is 16.1 Å². The normalized spacial score (nSPS) is 14.8. The maximum Gasteiger partial charge on any atom is 0.133 e. The van der Waals surface area contributed by atoms with Crippen LogP contribution in [0, 0.1) is 11.8 Å². The Morgan fingerprint density at radius 3 is 2.68 bits per heavy atom. The van der Waals surface area contributed by atoms with Crippen LogP contribution in [0.2, 0.25) is 0 Å². The Hall–Kier alpha value is -1.55. The summed E-state index contributed by atoms with van der Waals surface area (Å²) in [5, 5.41) is 3.57. The third-order valence-electron chi connectivity index (χ3n) is 3.73. The molecule has 2 aromatic rings. The maximum absolute atomic E-state index is 5.55. The average Bonchev–Trinajstić information content (AvgIpc) is 3.02. The van der Waals surface area contributed by atoms with Gasteiger partial charge in [-0.15, -0.1) is 0 Å². The zero-order valence-electron chi connectivity index (χ0n) is 12.1. The lowest BCUT2D eigenvalue weighted by Crippen LogP contribution is -2.30. The summed E-state index contributed by atoms with van der Waals surface area (Å²) in [6.45, 7) is 7.69. The molecular formula is C15H23N3O. The van der Waals surface area contributed by atoms with Crippen molar-refractivity contribution in [1.29, 1.82) is 0 Å². The second kappa shape index (κ2) is 6.06. The van der Waals surface area contributed by atoms with Gasteiger partial charge >= 0.3 is 0 Å². The highest BCUT2D eigenvalue weighted by atomic mass is 16.3. The monoisotopic (exact) mass is 261 g/mol. The molecule has 0 saturated heterocycles. The largest absolute Gasteiger partial charge is 0.467 e. The van der Waals surface area contributed by atoms with Gasteiger partial charge in [0, 0.05) is 19.4 Å². The van der Waals surface area contributed by atoms with Crippen molar-refractivity contribution in [3.63, 3.8) is 0 Å². The molecule has 2 rings (SSSR count). The molecule has 4 nitrogen and oxygen atoms in total. The molecule has 2 atom stereocenters. The van der Waals surface area contributed by atoms with Gasteiger partial charge in [-0.1, -0.05) is 20.8 Å². The lowest BCUT2D eigenvalue weighted by molar-refractivity contribution is 0.355. The van der Waals surface area contributed by atoms with E-state index >= 15 is 0 Å². The molecule has 0 aliphatic heterocycles. The first-order valence-electron chi connectivity index (χ1n) is 6.83. The molecule has 0 radical (unpaired) electrons. The minimum Gasteiger partial charge on any atom is -0.467 e. The van der Waals surface area contributed by atoms with Crippen LogP contribution in [0.1, 0.15) is 38.4 Å². The second-order valence-electron chi connectivity index (χ2n) is 5.47. The molecule has 0 spiro atoms. The summed E-state index contributed by atoms with van der Waals surface area (Å²) in [5.41, 5.74) is 0. The highest BCUT2D eigenvalue weighted by Crippen LogP contribution is 2.21. The second-order valence-corrected chi connectivity index (χ2v) is 5.47. The van der Waals surface area contributed by atoms with Crippen LogP contribution in [-0.2, 0) is 7.05 Å². The number of aromatic nitrogens is 2. The van der Waals surface area contributed by atoms with E-state index in [1.54, 1.807) is 6.26 Å². The first kappa shape index (κ1) is 13.9. The molecule has 4 heteroatoms. The van der Waals surface area contributed by atoms with Gasteiger partial charge in [0.1, 0.15) is 17.6 Å². The summed E-state index contributed by atoms with van der Waals surface area (Å²) in [7, 11) is 2.01. The number of rotatable bonds is 6. The third-order valence-corrected chi connectivity index (χ3v) is 3.73. The third kappa shape index (κ3) is 3.26.